The Hall–Kier alpha value is -3.25. The van der Waals surface area contributed by atoms with Crippen LogP contribution in [-0.2, 0) is 24.2 Å². The number of methoxy groups -OCH3 is 3. The van der Waals surface area contributed by atoms with Crippen molar-refractivity contribution in [1.29, 1.82) is 0 Å². The molecule has 35 heavy (non-hydrogen) atoms. The molecule has 1 aliphatic rings. The van der Waals surface area contributed by atoms with Crippen molar-refractivity contribution in [1.82, 2.24) is 9.78 Å². The summed E-state index contributed by atoms with van der Waals surface area (Å²) in [4.78, 5) is 24.4. The van der Waals surface area contributed by atoms with Crippen molar-refractivity contribution in [3.63, 3.8) is 0 Å². The van der Waals surface area contributed by atoms with Crippen molar-refractivity contribution in [3.05, 3.63) is 34.6 Å². The first kappa shape index (κ1) is 26.4. The van der Waals surface area contributed by atoms with Gasteiger partial charge in [0.2, 0.25) is 5.75 Å². The Bertz CT molecular complexity index is 1230. The Morgan fingerprint density at radius 3 is 2.40 bits per heavy atom. The Balaban J connectivity index is 1.60. The molecular weight excluding hydrogens is 502 g/mol. The smallest absolute Gasteiger partial charge is 0.331 e. The standard InChI is InChI=1S/C22H26ClN3O8S/c1-13-16(22(23)26(25-13)15-7-8-35(29,30)12-15)5-6-20(28)34-11-19(27)24-14-9-17(31-2)21(33-4)18(10-14)32-3/h5-6,9-10,15H,7-8,11-12H2,1-4H3,(H,24,27)/b6-5+. The van der Waals surface area contributed by atoms with Crippen molar-refractivity contribution >= 4 is 45.1 Å². The number of aromatic nitrogens is 2. The molecule has 0 spiro atoms. The number of halogens is 1. The van der Waals surface area contributed by atoms with Gasteiger partial charge < -0.3 is 24.3 Å². The summed E-state index contributed by atoms with van der Waals surface area (Å²) in [5.74, 6) is -0.211. The Morgan fingerprint density at radius 2 is 1.86 bits per heavy atom. The summed E-state index contributed by atoms with van der Waals surface area (Å²) in [6.07, 6.45) is 2.97. The van der Waals surface area contributed by atoms with E-state index in [0.29, 0.717) is 40.6 Å². The number of hydrogen-bond acceptors (Lipinski definition) is 9. The normalized spacial score (nSPS) is 16.8. The molecule has 1 N–H and O–H groups in total. The molecule has 1 unspecified atom stereocenters. The molecule has 0 radical (unpaired) electrons. The molecule has 0 bridgehead atoms. The predicted octanol–water partition coefficient (Wildman–Crippen LogP) is 2.43. The molecule has 190 valence electrons. The fourth-order valence-corrected chi connectivity index (χ4v) is 5.69. The molecule has 2 aromatic rings. The molecule has 0 saturated carbocycles. The van der Waals surface area contributed by atoms with Crippen LogP contribution in [0.25, 0.3) is 6.08 Å². The third kappa shape index (κ3) is 6.25. The number of ether oxygens (including phenoxy) is 4. The molecule has 1 amide bonds. The Kier molecular flexibility index (Phi) is 8.28. The van der Waals surface area contributed by atoms with E-state index in [1.54, 1.807) is 19.1 Å². The van der Waals surface area contributed by atoms with Crippen LogP contribution in [0.3, 0.4) is 0 Å². The number of aryl methyl sites for hydroxylation is 1. The minimum Gasteiger partial charge on any atom is -0.493 e. The molecule has 0 aliphatic carbocycles. The van der Waals surface area contributed by atoms with E-state index in [4.69, 9.17) is 30.5 Å². The minimum atomic E-state index is -3.11. The molecule has 1 saturated heterocycles. The molecule has 1 aromatic heterocycles. The lowest BCUT2D eigenvalue weighted by Gasteiger charge is -2.14. The number of nitrogens with one attached hydrogen (secondary N) is 1. The van der Waals surface area contributed by atoms with Crippen molar-refractivity contribution in [2.24, 2.45) is 0 Å². The lowest BCUT2D eigenvalue weighted by Crippen LogP contribution is -2.20. The summed E-state index contributed by atoms with van der Waals surface area (Å²) in [5, 5.41) is 7.14. The van der Waals surface area contributed by atoms with Crippen LogP contribution in [0.1, 0.15) is 23.7 Å². The van der Waals surface area contributed by atoms with E-state index >= 15 is 0 Å². The second kappa shape index (κ2) is 11.0. The number of hydrogen-bond donors (Lipinski definition) is 1. The topological polar surface area (TPSA) is 135 Å². The molecule has 1 fully saturated rings. The quantitative estimate of drug-likeness (QED) is 0.385. The molecular formula is C22H26ClN3O8S. The van der Waals surface area contributed by atoms with E-state index in [1.165, 1.54) is 32.1 Å². The van der Waals surface area contributed by atoms with Gasteiger partial charge >= 0.3 is 5.97 Å². The van der Waals surface area contributed by atoms with Gasteiger partial charge in [0.15, 0.2) is 27.9 Å². The molecule has 13 heteroatoms. The highest BCUT2D eigenvalue weighted by Gasteiger charge is 2.31. The first-order chi connectivity index (χ1) is 16.6. The summed E-state index contributed by atoms with van der Waals surface area (Å²) in [5.41, 5.74) is 1.36. The summed E-state index contributed by atoms with van der Waals surface area (Å²) in [6.45, 7) is 1.16. The number of benzene rings is 1. The fraction of sp³-hybridized carbons (Fsp3) is 0.409. The van der Waals surface area contributed by atoms with Crippen LogP contribution in [0.4, 0.5) is 5.69 Å². The Labute approximate surface area is 207 Å². The maximum atomic E-state index is 12.2. The molecule has 11 nitrogen and oxygen atoms in total. The van der Waals surface area contributed by atoms with Gasteiger partial charge in [-0.3, -0.25) is 4.79 Å². The zero-order valence-corrected chi connectivity index (χ0v) is 21.2. The van der Waals surface area contributed by atoms with Gasteiger partial charge in [0.05, 0.1) is 44.6 Å². The van der Waals surface area contributed by atoms with Gasteiger partial charge in [-0.15, -0.1) is 0 Å². The van der Waals surface area contributed by atoms with Crippen LogP contribution in [0.2, 0.25) is 5.15 Å². The average molecular weight is 528 g/mol. The number of rotatable bonds is 9. The second-order valence-electron chi connectivity index (χ2n) is 7.69. The number of amides is 1. The van der Waals surface area contributed by atoms with Crippen molar-refractivity contribution < 1.29 is 37.0 Å². The molecule has 1 atom stereocenters. The highest BCUT2D eigenvalue weighted by Crippen LogP contribution is 2.40. The number of esters is 1. The van der Waals surface area contributed by atoms with Crippen LogP contribution in [-0.4, -0.2) is 69.5 Å². The highest BCUT2D eigenvalue weighted by molar-refractivity contribution is 7.91. The van der Waals surface area contributed by atoms with Gasteiger partial charge in [0, 0.05) is 29.5 Å². The monoisotopic (exact) mass is 527 g/mol. The van der Waals surface area contributed by atoms with E-state index in [9.17, 15) is 18.0 Å². The lowest BCUT2D eigenvalue weighted by molar-refractivity contribution is -0.142. The van der Waals surface area contributed by atoms with Gasteiger partial charge in [-0.2, -0.15) is 5.10 Å². The molecule has 2 heterocycles. The van der Waals surface area contributed by atoms with Gasteiger partial charge in [-0.05, 0) is 19.4 Å². The maximum Gasteiger partial charge on any atom is 0.331 e. The lowest BCUT2D eigenvalue weighted by atomic mass is 10.2. The van der Waals surface area contributed by atoms with E-state index < -0.39 is 28.3 Å². The zero-order valence-electron chi connectivity index (χ0n) is 19.7. The van der Waals surface area contributed by atoms with Crippen molar-refractivity contribution in [2.45, 2.75) is 19.4 Å². The summed E-state index contributed by atoms with van der Waals surface area (Å²) in [6, 6.07) is 2.73. The van der Waals surface area contributed by atoms with E-state index in [-0.39, 0.29) is 22.7 Å². The molecule has 1 aliphatic heterocycles. The van der Waals surface area contributed by atoms with E-state index in [0.717, 1.165) is 6.08 Å². The molecule has 3 rings (SSSR count). The number of anilines is 1. The zero-order chi connectivity index (χ0) is 25.8. The second-order valence-corrected chi connectivity index (χ2v) is 10.3. The predicted molar refractivity (Wildman–Crippen MR) is 129 cm³/mol. The van der Waals surface area contributed by atoms with E-state index in [1.807, 2.05) is 0 Å². The van der Waals surface area contributed by atoms with Crippen molar-refractivity contribution in [3.8, 4) is 17.2 Å². The third-order valence-corrected chi connectivity index (χ3v) is 7.43. The van der Waals surface area contributed by atoms with Gasteiger partial charge in [-0.25, -0.2) is 17.9 Å². The largest absolute Gasteiger partial charge is 0.493 e. The van der Waals surface area contributed by atoms with Gasteiger partial charge in [0.25, 0.3) is 5.91 Å². The van der Waals surface area contributed by atoms with Crippen LogP contribution in [0, 0.1) is 6.92 Å². The first-order valence-corrected chi connectivity index (χ1v) is 12.7. The summed E-state index contributed by atoms with van der Waals surface area (Å²) in [7, 11) is 1.25. The minimum absolute atomic E-state index is 0.0277. The van der Waals surface area contributed by atoms with Crippen LogP contribution >= 0.6 is 11.6 Å². The first-order valence-electron chi connectivity index (χ1n) is 10.5. The SMILES string of the molecule is COc1cc(NC(=O)COC(=O)/C=C/c2c(C)nn(C3CCS(=O)(=O)C3)c2Cl)cc(OC)c1OC. The van der Waals surface area contributed by atoms with Crippen LogP contribution < -0.4 is 19.5 Å². The number of nitrogens with zero attached hydrogens (tertiary/aromatic N) is 2. The summed E-state index contributed by atoms with van der Waals surface area (Å²) < 4.78 is 45.7. The van der Waals surface area contributed by atoms with Gasteiger partial charge in [-0.1, -0.05) is 11.6 Å². The van der Waals surface area contributed by atoms with Gasteiger partial charge in [0.1, 0.15) is 5.15 Å². The van der Waals surface area contributed by atoms with Crippen LogP contribution in [0.15, 0.2) is 18.2 Å². The highest BCUT2D eigenvalue weighted by atomic mass is 35.5. The van der Waals surface area contributed by atoms with Crippen molar-refractivity contribution in [2.75, 3.05) is 44.8 Å². The third-order valence-electron chi connectivity index (χ3n) is 5.31. The fourth-order valence-electron chi connectivity index (χ4n) is 3.62. The Morgan fingerprint density at radius 1 is 1.20 bits per heavy atom. The molecule has 1 aromatic carbocycles. The maximum absolute atomic E-state index is 12.2. The number of carbonyl (C=O) groups is 2. The number of sulfone groups is 1. The average Bonchev–Trinajstić information content (AvgIpc) is 3.32. The van der Waals surface area contributed by atoms with Crippen LogP contribution in [0.5, 0.6) is 17.2 Å². The summed E-state index contributed by atoms with van der Waals surface area (Å²) >= 11 is 6.38. The number of carbonyl (C=O) groups excluding carboxylic acids is 2. The van der Waals surface area contributed by atoms with E-state index in [2.05, 4.69) is 10.4 Å².